The van der Waals surface area contributed by atoms with Crippen LogP contribution in [0.2, 0.25) is 0 Å². The van der Waals surface area contributed by atoms with Crippen LogP contribution in [0.1, 0.15) is 5.56 Å². The summed E-state index contributed by atoms with van der Waals surface area (Å²) in [6.07, 6.45) is 1.55. The van der Waals surface area contributed by atoms with Crippen molar-refractivity contribution >= 4 is 11.0 Å². The fourth-order valence-electron chi connectivity index (χ4n) is 2.12. The minimum absolute atomic E-state index is 0.0799. The van der Waals surface area contributed by atoms with Crippen LogP contribution in [-0.2, 0) is 6.61 Å². The van der Waals surface area contributed by atoms with E-state index in [0.29, 0.717) is 16.6 Å². The van der Waals surface area contributed by atoms with Crippen LogP contribution in [-0.4, -0.2) is 15.1 Å². The molecular formula is C14H10F2N2O. The average molecular weight is 260 g/mol. The molecule has 3 rings (SSSR count). The van der Waals surface area contributed by atoms with Gasteiger partial charge in [-0.3, -0.25) is 0 Å². The van der Waals surface area contributed by atoms with Crippen molar-refractivity contribution < 1.29 is 13.9 Å². The monoisotopic (exact) mass is 260 g/mol. The summed E-state index contributed by atoms with van der Waals surface area (Å²) in [5, 5.41) is 9.24. The van der Waals surface area contributed by atoms with Gasteiger partial charge in [0.1, 0.15) is 11.6 Å². The van der Waals surface area contributed by atoms with Gasteiger partial charge in [0.05, 0.1) is 24.0 Å². The molecule has 19 heavy (non-hydrogen) atoms. The lowest BCUT2D eigenvalue weighted by Gasteiger charge is -2.09. The number of imidazole rings is 1. The Morgan fingerprint density at radius 3 is 2.79 bits per heavy atom. The van der Waals surface area contributed by atoms with Crippen molar-refractivity contribution in [1.82, 2.24) is 9.97 Å². The molecular weight excluding hydrogens is 250 g/mol. The third-order valence-corrected chi connectivity index (χ3v) is 3.05. The Morgan fingerprint density at radius 2 is 2.00 bits per heavy atom. The number of aliphatic hydroxyl groups is 1. The van der Waals surface area contributed by atoms with E-state index in [1.165, 1.54) is 6.07 Å². The highest BCUT2D eigenvalue weighted by molar-refractivity contribution is 5.82. The van der Waals surface area contributed by atoms with Crippen LogP contribution in [0.4, 0.5) is 8.78 Å². The van der Waals surface area contributed by atoms with E-state index in [9.17, 15) is 13.9 Å². The molecule has 3 nitrogen and oxygen atoms in total. The predicted molar refractivity (Wildman–Crippen MR) is 67.4 cm³/mol. The maximum atomic E-state index is 13.6. The molecule has 0 atom stereocenters. The zero-order valence-electron chi connectivity index (χ0n) is 9.82. The summed E-state index contributed by atoms with van der Waals surface area (Å²) in [5.74, 6) is -1.42. The van der Waals surface area contributed by atoms with Gasteiger partial charge in [0.25, 0.3) is 0 Å². The number of aliphatic hydroxyl groups excluding tert-OH is 1. The van der Waals surface area contributed by atoms with Gasteiger partial charge in [0.2, 0.25) is 0 Å². The second-order valence-electron chi connectivity index (χ2n) is 4.21. The van der Waals surface area contributed by atoms with Crippen LogP contribution in [0.3, 0.4) is 0 Å². The molecule has 0 bridgehead atoms. The number of hydrogen-bond donors (Lipinski definition) is 2. The molecule has 1 aromatic heterocycles. The normalized spacial score (nSPS) is 11.1. The van der Waals surface area contributed by atoms with E-state index in [0.717, 1.165) is 11.6 Å². The maximum Gasteiger partial charge on any atom is 0.132 e. The van der Waals surface area contributed by atoms with Crippen molar-refractivity contribution in [2.24, 2.45) is 0 Å². The van der Waals surface area contributed by atoms with Crippen molar-refractivity contribution in [3.05, 3.63) is 53.9 Å². The van der Waals surface area contributed by atoms with E-state index in [1.807, 2.05) is 0 Å². The highest BCUT2D eigenvalue weighted by Gasteiger charge is 2.13. The number of fused-ring (bicyclic) bond motifs is 1. The molecule has 2 N–H and O–H groups in total. The average Bonchev–Trinajstić information content (AvgIpc) is 2.85. The van der Waals surface area contributed by atoms with E-state index in [2.05, 4.69) is 9.97 Å². The fourth-order valence-corrected chi connectivity index (χ4v) is 2.12. The highest BCUT2D eigenvalue weighted by atomic mass is 19.1. The lowest BCUT2D eigenvalue weighted by atomic mass is 9.99. The Morgan fingerprint density at radius 1 is 1.16 bits per heavy atom. The van der Waals surface area contributed by atoms with Crippen LogP contribution < -0.4 is 0 Å². The van der Waals surface area contributed by atoms with E-state index in [4.69, 9.17) is 0 Å². The third-order valence-electron chi connectivity index (χ3n) is 3.05. The summed E-state index contributed by atoms with van der Waals surface area (Å²) in [6.45, 7) is -0.486. The largest absolute Gasteiger partial charge is 0.392 e. The fraction of sp³-hybridized carbons (Fsp3) is 0.0714. The van der Waals surface area contributed by atoms with E-state index < -0.39 is 18.2 Å². The number of rotatable bonds is 2. The van der Waals surface area contributed by atoms with Gasteiger partial charge >= 0.3 is 0 Å². The Balaban J connectivity index is 2.24. The second kappa shape index (κ2) is 4.44. The second-order valence-corrected chi connectivity index (χ2v) is 4.21. The topological polar surface area (TPSA) is 48.9 Å². The van der Waals surface area contributed by atoms with Gasteiger partial charge in [0, 0.05) is 11.6 Å². The van der Waals surface area contributed by atoms with Crippen molar-refractivity contribution in [2.45, 2.75) is 6.61 Å². The Kier molecular flexibility index (Phi) is 2.76. The molecule has 0 radical (unpaired) electrons. The Hall–Kier alpha value is -2.27. The Labute approximate surface area is 107 Å². The number of aromatic amines is 1. The third kappa shape index (κ3) is 1.98. The first-order valence-electron chi connectivity index (χ1n) is 5.71. The number of benzene rings is 2. The minimum Gasteiger partial charge on any atom is -0.392 e. The SMILES string of the molecule is OCc1c(F)cc(F)cc1-c1ccc2[nH]cnc2c1. The summed E-state index contributed by atoms with van der Waals surface area (Å²) in [4.78, 5) is 7.04. The first-order valence-corrected chi connectivity index (χ1v) is 5.71. The van der Waals surface area contributed by atoms with Gasteiger partial charge in [-0.1, -0.05) is 6.07 Å². The standard InChI is InChI=1S/C14H10F2N2O/c15-9-4-10(11(6-19)12(16)5-9)8-1-2-13-14(3-8)18-7-17-13/h1-5,7,19H,6H2,(H,17,18). The number of H-pyrrole nitrogens is 1. The molecule has 96 valence electrons. The lowest BCUT2D eigenvalue weighted by Crippen LogP contribution is -1.96. The zero-order valence-corrected chi connectivity index (χ0v) is 9.82. The highest BCUT2D eigenvalue weighted by Crippen LogP contribution is 2.29. The van der Waals surface area contributed by atoms with Gasteiger partial charge in [0.15, 0.2) is 0 Å². The molecule has 0 aliphatic carbocycles. The summed E-state index contributed by atoms with van der Waals surface area (Å²) in [5.41, 5.74) is 2.57. The van der Waals surface area contributed by atoms with E-state index in [1.54, 1.807) is 24.5 Å². The summed E-state index contributed by atoms with van der Waals surface area (Å²) >= 11 is 0. The maximum absolute atomic E-state index is 13.6. The zero-order chi connectivity index (χ0) is 13.4. The predicted octanol–water partition coefficient (Wildman–Crippen LogP) is 3.00. The molecule has 0 spiro atoms. The molecule has 0 aliphatic heterocycles. The number of aromatic nitrogens is 2. The van der Waals surface area contributed by atoms with Gasteiger partial charge < -0.3 is 10.1 Å². The first kappa shape index (κ1) is 11.8. The van der Waals surface area contributed by atoms with Crippen LogP contribution >= 0.6 is 0 Å². The van der Waals surface area contributed by atoms with Crippen molar-refractivity contribution in [3.63, 3.8) is 0 Å². The molecule has 0 amide bonds. The number of halogens is 2. The summed E-state index contributed by atoms with van der Waals surface area (Å²) in [6, 6.07) is 7.21. The molecule has 5 heteroatoms. The van der Waals surface area contributed by atoms with Gasteiger partial charge in [-0.15, -0.1) is 0 Å². The van der Waals surface area contributed by atoms with Gasteiger partial charge in [-0.25, -0.2) is 13.8 Å². The Bertz CT molecular complexity index is 752. The molecule has 2 aromatic carbocycles. The van der Waals surface area contributed by atoms with Crippen LogP contribution in [0.5, 0.6) is 0 Å². The quantitative estimate of drug-likeness (QED) is 0.744. The van der Waals surface area contributed by atoms with Crippen LogP contribution in [0.25, 0.3) is 22.2 Å². The van der Waals surface area contributed by atoms with Gasteiger partial charge in [-0.05, 0) is 29.3 Å². The first-order chi connectivity index (χ1) is 9.19. The number of hydrogen-bond acceptors (Lipinski definition) is 2. The number of nitrogens with zero attached hydrogens (tertiary/aromatic N) is 1. The smallest absolute Gasteiger partial charge is 0.132 e. The van der Waals surface area contributed by atoms with Crippen molar-refractivity contribution in [3.8, 4) is 11.1 Å². The molecule has 0 saturated heterocycles. The van der Waals surface area contributed by atoms with Crippen molar-refractivity contribution in [2.75, 3.05) is 0 Å². The minimum atomic E-state index is -0.750. The molecule has 0 fully saturated rings. The molecule has 0 unspecified atom stereocenters. The van der Waals surface area contributed by atoms with Crippen molar-refractivity contribution in [1.29, 1.82) is 0 Å². The molecule has 0 aliphatic rings. The molecule has 0 saturated carbocycles. The lowest BCUT2D eigenvalue weighted by molar-refractivity contribution is 0.276. The van der Waals surface area contributed by atoms with Gasteiger partial charge in [-0.2, -0.15) is 0 Å². The molecule has 3 aromatic rings. The van der Waals surface area contributed by atoms with Crippen LogP contribution in [0, 0.1) is 11.6 Å². The summed E-state index contributed by atoms with van der Waals surface area (Å²) in [7, 11) is 0. The van der Waals surface area contributed by atoms with E-state index in [-0.39, 0.29) is 5.56 Å². The summed E-state index contributed by atoms with van der Waals surface area (Å²) < 4.78 is 27.0. The number of nitrogens with one attached hydrogen (secondary N) is 1. The molecule has 1 heterocycles. The van der Waals surface area contributed by atoms with E-state index >= 15 is 0 Å². The van der Waals surface area contributed by atoms with Crippen LogP contribution in [0.15, 0.2) is 36.7 Å².